The van der Waals surface area contributed by atoms with Crippen molar-refractivity contribution >= 4 is 44.5 Å². The minimum atomic E-state index is -5.42. The average molecular weight is 529 g/mol. The van der Waals surface area contributed by atoms with Crippen LogP contribution in [0.15, 0.2) is 24.3 Å². The largest absolute Gasteiger partial charge is 0.722 e. The van der Waals surface area contributed by atoms with E-state index >= 15 is 0 Å². The third-order valence-corrected chi connectivity index (χ3v) is 6.97. The van der Waals surface area contributed by atoms with Crippen molar-refractivity contribution in [1.82, 2.24) is 0 Å². The van der Waals surface area contributed by atoms with E-state index in [1.807, 2.05) is 0 Å². The number of fused-ring (bicyclic) bond motifs is 4. The van der Waals surface area contributed by atoms with Crippen LogP contribution in [0.2, 0.25) is 0 Å². The van der Waals surface area contributed by atoms with E-state index in [1.165, 1.54) is 68.8 Å². The van der Waals surface area contributed by atoms with Gasteiger partial charge in [0.05, 0.1) is 0 Å². The summed E-state index contributed by atoms with van der Waals surface area (Å²) in [6.45, 7) is 9.06. The second-order valence-electron chi connectivity index (χ2n) is 7.28. The van der Waals surface area contributed by atoms with Gasteiger partial charge in [0.15, 0.2) is 0 Å². The van der Waals surface area contributed by atoms with E-state index in [1.54, 1.807) is 22.3 Å². The number of rotatable bonds is 0. The predicted molar refractivity (Wildman–Crippen MR) is 126 cm³/mol. The van der Waals surface area contributed by atoms with E-state index < -0.39 is 21.0 Å². The zero-order valence-corrected chi connectivity index (χ0v) is 21.5. The Balaban J connectivity index is 0.000000431. The number of halogens is 2. The van der Waals surface area contributed by atoms with Gasteiger partial charge in [-0.25, -0.2) is 16.8 Å². The van der Waals surface area contributed by atoms with Gasteiger partial charge in [0.1, 0.15) is 23.0 Å². The van der Waals surface area contributed by atoms with Crippen LogP contribution in [-0.4, -0.2) is 25.9 Å². The monoisotopic (exact) mass is 528 g/mol. The summed E-state index contributed by atoms with van der Waals surface area (Å²) in [5.74, 6) is 4.72. The predicted octanol–water partition coefficient (Wildman–Crippen LogP) is 3.10. The number of hydrogen-bond acceptors (Lipinski definition) is 6. The Morgan fingerprint density at radius 1 is 0.594 bits per heavy atom. The van der Waals surface area contributed by atoms with Crippen molar-refractivity contribution in [3.05, 3.63) is 68.8 Å². The lowest BCUT2D eigenvalue weighted by Crippen LogP contribution is -2.05. The fourth-order valence-electron chi connectivity index (χ4n) is 3.17. The van der Waals surface area contributed by atoms with Crippen LogP contribution < -0.4 is 0 Å². The highest BCUT2D eigenvalue weighted by Crippen LogP contribution is 2.23. The smallest absolute Gasteiger partial charge is 0.255 e. The normalized spacial score (nSPS) is 14.0. The van der Waals surface area contributed by atoms with Gasteiger partial charge in [-0.3, -0.25) is 0 Å². The first-order valence-corrected chi connectivity index (χ1v) is 14.4. The maximum Gasteiger partial charge on any atom is 0.255 e. The number of benzene rings is 2. The molecule has 32 heavy (non-hydrogen) atoms. The summed E-state index contributed by atoms with van der Waals surface area (Å²) in [5, 5.41) is 0. The summed E-state index contributed by atoms with van der Waals surface area (Å²) in [7, 11) is -10.8. The molecule has 180 valence electrons. The first-order valence-electron chi connectivity index (χ1n) is 9.30. The lowest BCUT2D eigenvalue weighted by Gasteiger charge is -2.12. The van der Waals surface area contributed by atoms with Gasteiger partial charge in [0.2, 0.25) is 0 Å². The van der Waals surface area contributed by atoms with Gasteiger partial charge >= 0.3 is 0 Å². The highest BCUT2D eigenvalue weighted by atomic mass is 32.3. The van der Waals surface area contributed by atoms with Gasteiger partial charge in [-0.05, 0) is 85.6 Å². The van der Waals surface area contributed by atoms with E-state index in [0.29, 0.717) is 0 Å². The van der Waals surface area contributed by atoms with Crippen molar-refractivity contribution in [1.29, 1.82) is 0 Å². The zero-order chi connectivity index (χ0) is 24.7. The Bertz CT molecular complexity index is 991. The molecule has 6 nitrogen and oxygen atoms in total. The SMILES string of the molecule is Cc1cc(C)c2cc1C[SH+]Cc1cc(c(C)cc1C)C[SH+]C2.O=S(=O)([O-])F.O=S(=O)([O-])F. The van der Waals surface area contributed by atoms with Crippen molar-refractivity contribution in [2.75, 3.05) is 0 Å². The number of hydrogen-bond donors (Lipinski definition) is 0. The molecule has 0 atom stereocenters. The van der Waals surface area contributed by atoms with E-state index in [4.69, 9.17) is 25.9 Å². The quantitative estimate of drug-likeness (QED) is 0.225. The van der Waals surface area contributed by atoms with Gasteiger partial charge in [0, 0.05) is 22.3 Å². The molecule has 2 aromatic rings. The van der Waals surface area contributed by atoms with Crippen LogP contribution in [0.5, 0.6) is 0 Å². The second-order valence-corrected chi connectivity index (χ2v) is 11.0. The highest BCUT2D eigenvalue weighted by Gasteiger charge is 2.16. The molecule has 4 bridgehead atoms. The van der Waals surface area contributed by atoms with Crippen molar-refractivity contribution in [2.24, 2.45) is 0 Å². The first-order chi connectivity index (χ1) is 14.5. The summed E-state index contributed by atoms with van der Waals surface area (Å²) in [6, 6.07) is 9.72. The van der Waals surface area contributed by atoms with Crippen molar-refractivity contribution in [3.8, 4) is 0 Å². The third kappa shape index (κ3) is 12.2. The Morgan fingerprint density at radius 2 is 0.781 bits per heavy atom. The maximum absolute atomic E-state index is 10.1. The molecule has 0 aromatic heterocycles. The second kappa shape index (κ2) is 12.3. The van der Waals surface area contributed by atoms with Crippen molar-refractivity contribution in [3.63, 3.8) is 0 Å². The topological polar surface area (TPSA) is 114 Å². The summed E-state index contributed by atoms with van der Waals surface area (Å²) < 4.78 is 70.7. The van der Waals surface area contributed by atoms with Gasteiger partial charge < -0.3 is 9.11 Å². The molecule has 0 aliphatic carbocycles. The lowest BCUT2D eigenvalue weighted by atomic mass is 10.0. The van der Waals surface area contributed by atoms with E-state index in [9.17, 15) is 7.77 Å². The van der Waals surface area contributed by atoms with Gasteiger partial charge in [0.25, 0.3) is 21.0 Å². The van der Waals surface area contributed by atoms with Crippen LogP contribution in [0.4, 0.5) is 7.77 Å². The molecule has 0 N–H and O–H groups in total. The van der Waals surface area contributed by atoms with Crippen molar-refractivity contribution in [2.45, 2.75) is 50.7 Å². The molecule has 0 amide bonds. The number of aryl methyl sites for hydroxylation is 4. The van der Waals surface area contributed by atoms with E-state index in [-0.39, 0.29) is 0 Å². The fourth-order valence-corrected chi connectivity index (χ4v) is 5.72. The minimum Gasteiger partial charge on any atom is -0.722 e. The molecule has 2 aromatic carbocycles. The standard InChI is InChI=1S/C20H24S2.2FHO3S/c1-13-5-14(2)18-7-17(13)9-21-11-19-8-20(12-22-10-18)16(4)6-15(19)3;2*1-5(2,3)4/h5-8H,9-12H2,1-4H3;2*(H,2,3,4). The minimum absolute atomic E-state index is 1.18. The lowest BCUT2D eigenvalue weighted by molar-refractivity contribution is 0.414. The van der Waals surface area contributed by atoms with Crippen LogP contribution in [-0.2, 0) is 67.5 Å². The Kier molecular flexibility index (Phi) is 11.1. The Hall–Kier alpha value is -1.18. The molecule has 3 rings (SSSR count). The zero-order valence-electron chi connectivity index (χ0n) is 18.1. The molecule has 1 heterocycles. The molecule has 0 saturated carbocycles. The van der Waals surface area contributed by atoms with Crippen LogP contribution >= 0.6 is 0 Å². The molecule has 1 aliphatic rings. The first kappa shape index (κ1) is 28.9. The third-order valence-electron chi connectivity index (χ3n) is 4.72. The van der Waals surface area contributed by atoms with E-state index in [2.05, 4.69) is 52.0 Å². The number of thiol groups is 2. The summed E-state index contributed by atoms with van der Waals surface area (Å²) in [5.41, 5.74) is 12.0. The summed E-state index contributed by atoms with van der Waals surface area (Å²) in [6.07, 6.45) is 0. The molecule has 0 radical (unpaired) electrons. The van der Waals surface area contributed by atoms with Crippen LogP contribution in [0.3, 0.4) is 0 Å². The van der Waals surface area contributed by atoms with Crippen LogP contribution in [0.25, 0.3) is 0 Å². The molecule has 0 fully saturated rings. The Morgan fingerprint density at radius 3 is 0.969 bits per heavy atom. The molecule has 0 unspecified atom stereocenters. The van der Waals surface area contributed by atoms with Gasteiger partial charge in [-0.2, -0.15) is 0 Å². The average Bonchev–Trinajstić information content (AvgIpc) is 2.57. The van der Waals surface area contributed by atoms with Crippen LogP contribution in [0.1, 0.15) is 44.5 Å². The van der Waals surface area contributed by atoms with Crippen molar-refractivity contribution < 1.29 is 33.7 Å². The van der Waals surface area contributed by atoms with Crippen LogP contribution in [0, 0.1) is 27.7 Å². The summed E-state index contributed by atoms with van der Waals surface area (Å²) in [4.78, 5) is 0. The van der Waals surface area contributed by atoms with Gasteiger partial charge in [-0.1, -0.05) is 12.1 Å². The molecule has 1 aliphatic heterocycles. The molecule has 0 spiro atoms. The van der Waals surface area contributed by atoms with E-state index in [0.717, 1.165) is 0 Å². The fraction of sp³-hybridized carbons (Fsp3) is 0.400. The molecular weight excluding hydrogens is 502 g/mol. The van der Waals surface area contributed by atoms with Gasteiger partial charge in [-0.15, -0.1) is 7.77 Å². The molecule has 12 heteroatoms. The molecular formula is C20H26F2O6S4. The maximum atomic E-state index is 10.1. The summed E-state index contributed by atoms with van der Waals surface area (Å²) >= 11 is 3.04. The molecule has 0 saturated heterocycles. The highest BCUT2D eigenvalue weighted by molar-refractivity contribution is 7.80. The Labute approximate surface area is 197 Å².